The molecule has 1 fully saturated rings. The number of aryl methyl sites for hydroxylation is 2. The molecule has 1 heterocycles. The van der Waals surface area contributed by atoms with E-state index >= 15 is 0 Å². The first-order valence-corrected chi connectivity index (χ1v) is 6.71. The van der Waals surface area contributed by atoms with Gasteiger partial charge in [-0.15, -0.1) is 0 Å². The highest BCUT2D eigenvalue weighted by Crippen LogP contribution is 2.17. The van der Waals surface area contributed by atoms with Gasteiger partial charge < -0.3 is 5.32 Å². The van der Waals surface area contributed by atoms with Crippen molar-refractivity contribution in [2.24, 2.45) is 0 Å². The Bertz CT molecular complexity index is 367. The molecule has 1 aliphatic heterocycles. The summed E-state index contributed by atoms with van der Waals surface area (Å²) in [5, 5.41) is 3.46. The summed E-state index contributed by atoms with van der Waals surface area (Å²) in [5.74, 6) is 0. The van der Waals surface area contributed by atoms with Crippen LogP contribution in [-0.4, -0.2) is 30.6 Å². The van der Waals surface area contributed by atoms with Crippen molar-refractivity contribution >= 4 is 0 Å². The lowest BCUT2D eigenvalue weighted by molar-refractivity contribution is 0.210. The van der Waals surface area contributed by atoms with Crippen LogP contribution in [0, 0.1) is 13.8 Å². The van der Waals surface area contributed by atoms with Gasteiger partial charge in [-0.3, -0.25) is 4.90 Å². The van der Waals surface area contributed by atoms with Crippen molar-refractivity contribution in [3.8, 4) is 0 Å². The lowest BCUT2D eigenvalue weighted by atomic mass is 10.0. The summed E-state index contributed by atoms with van der Waals surface area (Å²) in [6.45, 7) is 11.2. The highest BCUT2D eigenvalue weighted by molar-refractivity contribution is 5.30. The molecular formula is C15H24N2. The molecule has 0 bridgehead atoms. The van der Waals surface area contributed by atoms with E-state index in [1.807, 2.05) is 0 Å². The summed E-state index contributed by atoms with van der Waals surface area (Å²) in [6, 6.07) is 7.50. The van der Waals surface area contributed by atoms with Gasteiger partial charge in [0.15, 0.2) is 0 Å². The second-order valence-electron chi connectivity index (χ2n) is 5.14. The van der Waals surface area contributed by atoms with Gasteiger partial charge in [0.2, 0.25) is 0 Å². The Morgan fingerprint density at radius 3 is 2.82 bits per heavy atom. The van der Waals surface area contributed by atoms with Crippen LogP contribution >= 0.6 is 0 Å². The van der Waals surface area contributed by atoms with Gasteiger partial charge in [-0.05, 0) is 44.5 Å². The van der Waals surface area contributed by atoms with E-state index in [9.17, 15) is 0 Å². The third-order valence-electron chi connectivity index (χ3n) is 3.83. The molecule has 0 aromatic heterocycles. The molecule has 1 unspecified atom stereocenters. The summed E-state index contributed by atoms with van der Waals surface area (Å²) < 4.78 is 0. The summed E-state index contributed by atoms with van der Waals surface area (Å²) in [7, 11) is 0. The van der Waals surface area contributed by atoms with Crippen LogP contribution in [0.1, 0.15) is 30.0 Å². The normalized spacial score (nSPS) is 20.1. The topological polar surface area (TPSA) is 15.3 Å². The molecule has 1 aromatic rings. The highest BCUT2D eigenvalue weighted by atomic mass is 15.2. The molecule has 0 aliphatic carbocycles. The third kappa shape index (κ3) is 3.08. The first-order valence-electron chi connectivity index (χ1n) is 6.71. The zero-order valence-corrected chi connectivity index (χ0v) is 11.3. The van der Waals surface area contributed by atoms with E-state index in [2.05, 4.69) is 49.2 Å². The van der Waals surface area contributed by atoms with Crippen molar-refractivity contribution in [1.82, 2.24) is 10.2 Å². The van der Waals surface area contributed by atoms with Gasteiger partial charge in [-0.25, -0.2) is 0 Å². The lowest BCUT2D eigenvalue weighted by Crippen LogP contribution is -2.36. The summed E-state index contributed by atoms with van der Waals surface area (Å²) in [5.41, 5.74) is 4.27. The summed E-state index contributed by atoms with van der Waals surface area (Å²) in [4.78, 5) is 2.60. The summed E-state index contributed by atoms with van der Waals surface area (Å²) in [6.07, 6.45) is 1.29. The van der Waals surface area contributed by atoms with Crippen molar-refractivity contribution in [1.29, 1.82) is 0 Å². The van der Waals surface area contributed by atoms with Crippen LogP contribution in [0.2, 0.25) is 0 Å². The molecule has 0 amide bonds. The first-order chi connectivity index (χ1) is 8.20. The maximum Gasteiger partial charge on any atom is 0.0239 e. The Balaban J connectivity index is 2.09. The lowest BCUT2D eigenvalue weighted by Gasteiger charge is -2.27. The van der Waals surface area contributed by atoms with E-state index in [0.717, 1.165) is 25.7 Å². The summed E-state index contributed by atoms with van der Waals surface area (Å²) >= 11 is 0. The van der Waals surface area contributed by atoms with Crippen LogP contribution in [-0.2, 0) is 6.54 Å². The zero-order valence-electron chi connectivity index (χ0n) is 11.3. The predicted molar refractivity (Wildman–Crippen MR) is 73.3 cm³/mol. The van der Waals surface area contributed by atoms with Crippen molar-refractivity contribution in [2.45, 2.75) is 39.8 Å². The minimum atomic E-state index is 0.722. The van der Waals surface area contributed by atoms with Crippen LogP contribution in [0.15, 0.2) is 18.2 Å². The Hall–Kier alpha value is -0.860. The van der Waals surface area contributed by atoms with Crippen LogP contribution < -0.4 is 5.32 Å². The van der Waals surface area contributed by atoms with Crippen LogP contribution in [0.4, 0.5) is 0 Å². The van der Waals surface area contributed by atoms with Crippen molar-refractivity contribution in [3.05, 3.63) is 34.9 Å². The Morgan fingerprint density at radius 2 is 2.18 bits per heavy atom. The quantitative estimate of drug-likeness (QED) is 0.858. The number of likely N-dealkylation sites (N-methyl/N-ethyl adjacent to an activating group) is 1. The second-order valence-corrected chi connectivity index (χ2v) is 5.14. The van der Waals surface area contributed by atoms with Gasteiger partial charge in [0.05, 0.1) is 0 Å². The number of benzene rings is 1. The van der Waals surface area contributed by atoms with Gasteiger partial charge >= 0.3 is 0 Å². The van der Waals surface area contributed by atoms with Gasteiger partial charge in [-0.2, -0.15) is 0 Å². The number of hydrogen-bond donors (Lipinski definition) is 1. The monoisotopic (exact) mass is 232 g/mol. The van der Waals surface area contributed by atoms with Crippen LogP contribution in [0.3, 0.4) is 0 Å². The second kappa shape index (κ2) is 5.65. The van der Waals surface area contributed by atoms with Crippen LogP contribution in [0.25, 0.3) is 0 Å². The standard InChI is InChI=1S/C15H24N2/c1-4-17(15-7-8-16-10-15)11-14-9-12(2)5-6-13(14)3/h5-6,9,15-16H,4,7-8,10-11H2,1-3H3. The van der Waals surface area contributed by atoms with E-state index in [0.29, 0.717) is 0 Å². The van der Waals surface area contributed by atoms with Crippen molar-refractivity contribution < 1.29 is 0 Å². The first kappa shape index (κ1) is 12.6. The molecule has 94 valence electrons. The van der Waals surface area contributed by atoms with E-state index in [1.54, 1.807) is 0 Å². The SMILES string of the molecule is CCN(Cc1cc(C)ccc1C)C1CCNC1. The fourth-order valence-corrected chi connectivity index (χ4v) is 2.64. The minimum Gasteiger partial charge on any atom is -0.315 e. The van der Waals surface area contributed by atoms with Crippen molar-refractivity contribution in [2.75, 3.05) is 19.6 Å². The Kier molecular flexibility index (Phi) is 4.19. The average molecular weight is 232 g/mol. The van der Waals surface area contributed by atoms with Gasteiger partial charge in [-0.1, -0.05) is 30.7 Å². The predicted octanol–water partition coefficient (Wildman–Crippen LogP) is 2.49. The number of nitrogens with zero attached hydrogens (tertiary/aromatic N) is 1. The molecule has 1 N–H and O–H groups in total. The van der Waals surface area contributed by atoms with E-state index < -0.39 is 0 Å². The molecular weight excluding hydrogens is 208 g/mol. The van der Waals surface area contributed by atoms with Gasteiger partial charge in [0.25, 0.3) is 0 Å². The molecule has 1 atom stereocenters. The maximum atomic E-state index is 3.46. The van der Waals surface area contributed by atoms with Crippen molar-refractivity contribution in [3.63, 3.8) is 0 Å². The molecule has 1 aliphatic rings. The van der Waals surface area contributed by atoms with Gasteiger partial charge in [0.1, 0.15) is 0 Å². The smallest absolute Gasteiger partial charge is 0.0239 e. The fourth-order valence-electron chi connectivity index (χ4n) is 2.64. The van der Waals surface area contributed by atoms with E-state index in [4.69, 9.17) is 0 Å². The molecule has 1 aromatic carbocycles. The van der Waals surface area contributed by atoms with Crippen LogP contribution in [0.5, 0.6) is 0 Å². The molecule has 0 saturated carbocycles. The molecule has 0 spiro atoms. The highest BCUT2D eigenvalue weighted by Gasteiger charge is 2.21. The fraction of sp³-hybridized carbons (Fsp3) is 0.600. The molecule has 1 saturated heterocycles. The molecule has 17 heavy (non-hydrogen) atoms. The molecule has 0 radical (unpaired) electrons. The largest absolute Gasteiger partial charge is 0.315 e. The Labute approximate surface area is 105 Å². The average Bonchev–Trinajstić information content (AvgIpc) is 2.84. The molecule has 2 nitrogen and oxygen atoms in total. The third-order valence-corrected chi connectivity index (χ3v) is 3.83. The van der Waals surface area contributed by atoms with E-state index in [-0.39, 0.29) is 0 Å². The number of rotatable bonds is 4. The Morgan fingerprint density at radius 1 is 1.35 bits per heavy atom. The number of nitrogens with one attached hydrogen (secondary N) is 1. The minimum absolute atomic E-state index is 0.722. The maximum absolute atomic E-state index is 3.46. The molecule has 2 rings (SSSR count). The van der Waals surface area contributed by atoms with E-state index in [1.165, 1.54) is 29.7 Å². The zero-order chi connectivity index (χ0) is 12.3. The molecule has 2 heteroatoms. The van der Waals surface area contributed by atoms with Gasteiger partial charge in [0, 0.05) is 19.1 Å². The number of hydrogen-bond acceptors (Lipinski definition) is 2.